The van der Waals surface area contributed by atoms with Crippen molar-refractivity contribution in [1.82, 2.24) is 0 Å². The minimum atomic E-state index is -0.0752. The Labute approximate surface area is 51.9 Å². The second-order valence-electron chi connectivity index (χ2n) is 2.83. The summed E-state index contributed by atoms with van der Waals surface area (Å²) in [5, 5.41) is 0. The SMILES string of the molecule is O=C1C2OC2C[C@@H]2O[C@H]12. The molecule has 0 aromatic heterocycles. The maximum Gasteiger partial charge on any atom is 0.195 e. The number of fused-ring (bicyclic) bond motifs is 2. The molecular weight excluding hydrogens is 120 g/mol. The molecule has 1 aliphatic carbocycles. The summed E-state index contributed by atoms with van der Waals surface area (Å²) in [5.74, 6) is 0.177. The van der Waals surface area contributed by atoms with Crippen molar-refractivity contribution in [1.29, 1.82) is 0 Å². The molecule has 0 N–H and O–H groups in total. The quantitative estimate of drug-likeness (QED) is 0.411. The Morgan fingerprint density at radius 3 is 2.33 bits per heavy atom. The lowest BCUT2D eigenvalue weighted by molar-refractivity contribution is -0.121. The largest absolute Gasteiger partial charge is 0.361 e. The average molecular weight is 126 g/mol. The third kappa shape index (κ3) is 0.426. The van der Waals surface area contributed by atoms with Gasteiger partial charge in [0.2, 0.25) is 0 Å². The Bertz CT molecular complexity index is 171. The van der Waals surface area contributed by atoms with Crippen molar-refractivity contribution in [3.8, 4) is 0 Å². The van der Waals surface area contributed by atoms with Crippen molar-refractivity contribution in [2.24, 2.45) is 0 Å². The predicted octanol–water partition coefficient (Wildman–Crippen LogP) is -0.506. The van der Waals surface area contributed by atoms with E-state index in [1.54, 1.807) is 0 Å². The Balaban J connectivity index is 1.95. The topological polar surface area (TPSA) is 42.1 Å². The summed E-state index contributed by atoms with van der Waals surface area (Å²) >= 11 is 0. The van der Waals surface area contributed by atoms with Crippen LogP contribution in [-0.4, -0.2) is 30.2 Å². The molecular formula is C6H6O3. The van der Waals surface area contributed by atoms with Gasteiger partial charge in [-0.2, -0.15) is 0 Å². The van der Waals surface area contributed by atoms with Crippen LogP contribution < -0.4 is 0 Å². The maximum atomic E-state index is 11.0. The van der Waals surface area contributed by atoms with Gasteiger partial charge in [-0.05, 0) is 0 Å². The van der Waals surface area contributed by atoms with Gasteiger partial charge >= 0.3 is 0 Å². The first kappa shape index (κ1) is 4.41. The van der Waals surface area contributed by atoms with Gasteiger partial charge in [-0.15, -0.1) is 0 Å². The average Bonchev–Trinajstić information content (AvgIpc) is 2.57. The van der Waals surface area contributed by atoms with Gasteiger partial charge in [0.1, 0.15) is 12.2 Å². The number of ether oxygens (including phenoxy) is 2. The highest BCUT2D eigenvalue weighted by atomic mass is 16.6. The molecule has 2 heterocycles. The normalized spacial score (nSPS) is 60.2. The van der Waals surface area contributed by atoms with Gasteiger partial charge in [0, 0.05) is 6.42 Å². The van der Waals surface area contributed by atoms with E-state index in [0.717, 1.165) is 6.42 Å². The Hall–Kier alpha value is -0.410. The molecule has 3 heteroatoms. The molecule has 0 bridgehead atoms. The van der Waals surface area contributed by atoms with Crippen LogP contribution in [0.5, 0.6) is 0 Å². The minimum Gasteiger partial charge on any atom is -0.361 e. The third-order valence-electron chi connectivity index (χ3n) is 2.19. The number of Topliss-reactive ketones (excluding diaryl/α,β-unsaturated/α-hetero) is 1. The van der Waals surface area contributed by atoms with Crippen molar-refractivity contribution in [3.05, 3.63) is 0 Å². The van der Waals surface area contributed by atoms with E-state index >= 15 is 0 Å². The van der Waals surface area contributed by atoms with Crippen molar-refractivity contribution in [3.63, 3.8) is 0 Å². The van der Waals surface area contributed by atoms with Gasteiger partial charge in [0.25, 0.3) is 0 Å². The van der Waals surface area contributed by atoms with Crippen LogP contribution in [-0.2, 0) is 14.3 Å². The van der Waals surface area contributed by atoms with Gasteiger partial charge in [0.15, 0.2) is 5.78 Å². The monoisotopic (exact) mass is 126 g/mol. The van der Waals surface area contributed by atoms with Gasteiger partial charge in [-0.25, -0.2) is 0 Å². The molecule has 1 saturated carbocycles. The molecule has 0 aromatic carbocycles. The second kappa shape index (κ2) is 1.07. The zero-order valence-corrected chi connectivity index (χ0v) is 4.74. The number of hydrogen-bond acceptors (Lipinski definition) is 3. The molecule has 3 nitrogen and oxygen atoms in total. The highest BCUT2D eigenvalue weighted by molar-refractivity contribution is 5.93. The molecule has 0 aromatic rings. The second-order valence-corrected chi connectivity index (χ2v) is 2.83. The van der Waals surface area contributed by atoms with E-state index in [4.69, 9.17) is 9.47 Å². The van der Waals surface area contributed by atoms with Crippen molar-refractivity contribution >= 4 is 5.78 Å². The summed E-state index contributed by atoms with van der Waals surface area (Å²) in [7, 11) is 0. The summed E-state index contributed by atoms with van der Waals surface area (Å²) in [6.07, 6.45) is 1.24. The summed E-state index contributed by atoms with van der Waals surface area (Å²) in [5.41, 5.74) is 0. The van der Waals surface area contributed by atoms with Gasteiger partial charge in [-0.1, -0.05) is 0 Å². The van der Waals surface area contributed by atoms with E-state index in [9.17, 15) is 4.79 Å². The minimum absolute atomic E-state index is 0.0752. The molecule has 2 unspecified atom stereocenters. The number of carbonyl (C=O) groups is 1. The zero-order chi connectivity index (χ0) is 6.01. The first-order valence-electron chi connectivity index (χ1n) is 3.21. The molecule has 2 saturated heterocycles. The van der Waals surface area contributed by atoms with Crippen molar-refractivity contribution < 1.29 is 14.3 Å². The number of hydrogen-bond donors (Lipinski definition) is 0. The van der Waals surface area contributed by atoms with Crippen LogP contribution in [0.15, 0.2) is 0 Å². The zero-order valence-electron chi connectivity index (χ0n) is 4.74. The van der Waals surface area contributed by atoms with Crippen LogP contribution >= 0.6 is 0 Å². The van der Waals surface area contributed by atoms with Crippen LogP contribution in [0.1, 0.15) is 6.42 Å². The Morgan fingerprint density at radius 1 is 1.22 bits per heavy atom. The molecule has 9 heavy (non-hydrogen) atoms. The molecule has 3 rings (SSSR count). The maximum absolute atomic E-state index is 11.0. The van der Waals surface area contributed by atoms with Gasteiger partial charge < -0.3 is 9.47 Å². The molecule has 2 aliphatic heterocycles. The van der Waals surface area contributed by atoms with Gasteiger partial charge in [-0.3, -0.25) is 4.79 Å². The number of ketones is 1. The Kier molecular flexibility index (Phi) is 0.522. The fourth-order valence-corrected chi connectivity index (χ4v) is 1.54. The van der Waals surface area contributed by atoms with E-state index < -0.39 is 0 Å². The van der Waals surface area contributed by atoms with Crippen molar-refractivity contribution in [2.45, 2.75) is 30.8 Å². The standard InChI is InChI=1S/C6H6O3/c7-4-5-2(8-5)1-3-6(4)9-3/h2-3,5-6H,1H2/t2-,3?,5-,6?/m0/s1. The lowest BCUT2D eigenvalue weighted by atomic mass is 10.00. The molecule has 0 spiro atoms. The van der Waals surface area contributed by atoms with E-state index in [1.165, 1.54) is 0 Å². The molecule has 0 amide bonds. The summed E-state index contributed by atoms with van der Waals surface area (Å²) in [6.45, 7) is 0. The van der Waals surface area contributed by atoms with Crippen LogP contribution in [0.3, 0.4) is 0 Å². The summed E-state index contributed by atoms with van der Waals surface area (Å²) in [6, 6.07) is 0. The van der Waals surface area contributed by atoms with E-state index in [1.807, 2.05) is 0 Å². The summed E-state index contributed by atoms with van der Waals surface area (Å²) < 4.78 is 10.1. The third-order valence-corrected chi connectivity index (χ3v) is 2.19. The predicted molar refractivity (Wildman–Crippen MR) is 26.9 cm³/mol. The Morgan fingerprint density at radius 2 is 1.78 bits per heavy atom. The smallest absolute Gasteiger partial charge is 0.195 e. The number of carbonyl (C=O) groups excluding carboxylic acids is 1. The first-order chi connectivity index (χ1) is 4.36. The fraction of sp³-hybridized carbons (Fsp3) is 0.833. The van der Waals surface area contributed by atoms with Gasteiger partial charge in [0.05, 0.1) is 12.2 Å². The first-order valence-corrected chi connectivity index (χ1v) is 3.21. The number of epoxide rings is 2. The highest BCUT2D eigenvalue weighted by Gasteiger charge is 2.62. The number of rotatable bonds is 0. The lowest BCUT2D eigenvalue weighted by Crippen LogP contribution is -2.23. The molecule has 3 aliphatic rings. The van der Waals surface area contributed by atoms with Crippen LogP contribution in [0.2, 0.25) is 0 Å². The molecule has 4 atom stereocenters. The lowest BCUT2D eigenvalue weighted by Gasteiger charge is -1.94. The highest BCUT2D eigenvalue weighted by Crippen LogP contribution is 2.44. The van der Waals surface area contributed by atoms with E-state index in [-0.39, 0.29) is 30.2 Å². The van der Waals surface area contributed by atoms with Crippen molar-refractivity contribution in [2.75, 3.05) is 0 Å². The molecule has 3 fully saturated rings. The van der Waals surface area contributed by atoms with Crippen LogP contribution in [0, 0.1) is 0 Å². The van der Waals surface area contributed by atoms with E-state index in [2.05, 4.69) is 0 Å². The molecule has 0 radical (unpaired) electrons. The molecule has 48 valence electrons. The fourth-order valence-electron chi connectivity index (χ4n) is 1.54. The van der Waals surface area contributed by atoms with Crippen LogP contribution in [0.25, 0.3) is 0 Å². The van der Waals surface area contributed by atoms with Crippen LogP contribution in [0.4, 0.5) is 0 Å². The van der Waals surface area contributed by atoms with E-state index in [0.29, 0.717) is 0 Å². The summed E-state index contributed by atoms with van der Waals surface area (Å²) in [4.78, 5) is 11.0.